The third-order valence-corrected chi connectivity index (χ3v) is 20.8. The van der Waals surface area contributed by atoms with Gasteiger partial charge in [-0.05, 0) is 170 Å². The van der Waals surface area contributed by atoms with Gasteiger partial charge >= 0.3 is 0 Å². The lowest BCUT2D eigenvalue weighted by Crippen LogP contribution is -2.46. The Balaban J connectivity index is 1.74. The number of hydrogen-bond donors (Lipinski definition) is 6. The molecule has 0 fully saturated rings. The van der Waals surface area contributed by atoms with Crippen LogP contribution in [0, 0.1) is 17.8 Å². The van der Waals surface area contributed by atoms with Crippen LogP contribution in [0.1, 0.15) is 286 Å². The summed E-state index contributed by atoms with van der Waals surface area (Å²) in [7, 11) is 5.15. The fourth-order valence-electron chi connectivity index (χ4n) is 14.5. The number of rotatable bonds is 24. The number of nitrogens with two attached hydrogens (primary N) is 3. The standard InChI is InChI=1S/C93H132N6O12/c1-52(2)28-73(85(94)103)97-76(100)49-109-82-61-33-59-41-68(89(10,11)12)39-57(80(59)107-26)31-55-37-67(88(7,8)9)38-56(79(55)106-25)32-58-40-69(90(13,14)15)42-60(81(58)108-27)34-62-44-71(92(19,20)21)46-64(83(62)110-50-77(101)98-74(86(95)104)29-53(3)4)36-66-48-72(93(22,23)24)47-65(35-63(82)45-70(43-61)91(16,17)18)84(66)111-51-78(102)99-75(87(96)105)30-54(5)6/h37-48,52-54,73-75H,28-36,49-51H2,1-27H3,(H2,94,103)(H2,95,104)(H2,96,105)(H,97,100)(H,98,101)(H,99,102)/t73-,74-,75-/m0/s1. The van der Waals surface area contributed by atoms with Crippen LogP contribution in [0.2, 0.25) is 0 Å². The molecule has 0 unspecified atom stereocenters. The van der Waals surface area contributed by atoms with Crippen LogP contribution in [-0.4, -0.2) is 94.7 Å². The summed E-state index contributed by atoms with van der Waals surface area (Å²) in [5, 5.41) is 8.66. The summed E-state index contributed by atoms with van der Waals surface area (Å²) >= 11 is 0. The van der Waals surface area contributed by atoms with Crippen molar-refractivity contribution < 1.29 is 57.2 Å². The van der Waals surface area contributed by atoms with Gasteiger partial charge in [0.2, 0.25) is 17.7 Å². The van der Waals surface area contributed by atoms with Crippen molar-refractivity contribution in [3.63, 3.8) is 0 Å². The minimum absolute atomic E-state index is 0.00834. The number of primary amides is 3. The summed E-state index contributed by atoms with van der Waals surface area (Å²) in [5.41, 5.74) is 31.1. The molecule has 7 rings (SSSR count). The molecule has 1 aliphatic rings. The molecule has 9 N–H and O–H groups in total. The maximum atomic E-state index is 14.7. The molecular formula is C93H132N6O12. The van der Waals surface area contributed by atoms with Crippen LogP contribution in [0.3, 0.4) is 0 Å². The third-order valence-electron chi connectivity index (χ3n) is 20.8. The first-order chi connectivity index (χ1) is 51.3. The number of carbonyl (C=O) groups is 6. The SMILES string of the molecule is COc1c2cc(C(C)(C)C)cc1Cc1cc(C(C)(C)C)cc(c1OC)Cc1cc(C(C)(C)C)cc(c1OCC(=O)N[C@@H](CC(C)C)C(N)=O)Cc1cc(C(C)(C)C)cc(c1OCC(=O)N[C@@H](CC(C)C)C(N)=O)Cc1cc(C(C)(C)C)cc(c1OCC(=O)N[C@@H](CC(C)C)C(N)=O)Cc1cc(C(C)(C)C)cc(c1OC)C2. The topological polar surface area (TPSA) is 272 Å². The molecule has 6 aromatic rings. The van der Waals surface area contributed by atoms with E-state index in [1.54, 1.807) is 21.3 Å². The zero-order valence-corrected chi connectivity index (χ0v) is 72.0. The minimum atomic E-state index is -0.989. The molecule has 0 radical (unpaired) electrons. The van der Waals surface area contributed by atoms with Crippen LogP contribution in [0.4, 0.5) is 0 Å². The minimum Gasteiger partial charge on any atom is -0.496 e. The monoisotopic (exact) mass is 1520 g/mol. The van der Waals surface area contributed by atoms with Gasteiger partial charge in [-0.25, -0.2) is 0 Å². The molecule has 18 heteroatoms. The molecule has 6 amide bonds. The molecule has 0 aromatic heterocycles. The Morgan fingerprint density at radius 1 is 0.288 bits per heavy atom. The molecule has 111 heavy (non-hydrogen) atoms. The Bertz CT molecular complexity index is 4150. The zero-order valence-electron chi connectivity index (χ0n) is 72.0. The summed E-state index contributed by atoms with van der Waals surface area (Å²) in [6.45, 7) is 49.4. The van der Waals surface area contributed by atoms with Gasteiger partial charge in [0.25, 0.3) is 17.7 Å². The predicted molar refractivity (Wildman–Crippen MR) is 446 cm³/mol. The second kappa shape index (κ2) is 35.7. The van der Waals surface area contributed by atoms with E-state index in [1.165, 1.54) is 0 Å². The van der Waals surface area contributed by atoms with Crippen molar-refractivity contribution in [1.29, 1.82) is 0 Å². The highest BCUT2D eigenvalue weighted by Gasteiger charge is 2.34. The van der Waals surface area contributed by atoms with Crippen LogP contribution < -0.4 is 61.6 Å². The van der Waals surface area contributed by atoms with Gasteiger partial charge in [-0.3, -0.25) is 28.8 Å². The highest BCUT2D eigenvalue weighted by atomic mass is 16.5. The van der Waals surface area contributed by atoms with Crippen molar-refractivity contribution in [2.75, 3.05) is 41.2 Å². The fraction of sp³-hybridized carbons (Fsp3) is 0.548. The van der Waals surface area contributed by atoms with E-state index in [9.17, 15) is 28.8 Å². The van der Waals surface area contributed by atoms with Crippen molar-refractivity contribution in [2.45, 2.75) is 275 Å². The number of ether oxygens (including phenoxy) is 6. The molecular weight excluding hydrogens is 1390 g/mol. The summed E-state index contributed by atoms with van der Waals surface area (Å²) in [4.78, 5) is 83.0. The van der Waals surface area contributed by atoms with Crippen molar-refractivity contribution >= 4 is 35.4 Å². The second-order valence-electron chi connectivity index (χ2n) is 38.2. The van der Waals surface area contributed by atoms with Gasteiger partial charge in [-0.2, -0.15) is 0 Å². The van der Waals surface area contributed by atoms with Crippen molar-refractivity contribution in [1.82, 2.24) is 16.0 Å². The highest BCUT2D eigenvalue weighted by molar-refractivity contribution is 5.89. The number of hydrogen-bond acceptors (Lipinski definition) is 12. The lowest BCUT2D eigenvalue weighted by molar-refractivity contribution is -0.128. The predicted octanol–water partition coefficient (Wildman–Crippen LogP) is 15.5. The van der Waals surface area contributed by atoms with E-state index in [-0.39, 0.29) is 59.7 Å². The maximum Gasteiger partial charge on any atom is 0.258 e. The number of amides is 6. The molecule has 0 saturated carbocycles. The Morgan fingerprint density at radius 2 is 0.432 bits per heavy atom. The summed E-state index contributed by atoms with van der Waals surface area (Å²) in [6, 6.07) is 23.3. The Kier molecular flexibility index (Phi) is 28.7. The van der Waals surface area contributed by atoms with Gasteiger partial charge < -0.3 is 61.6 Å². The average Bonchev–Trinajstić information content (AvgIpc) is 0.766. The second-order valence-corrected chi connectivity index (χ2v) is 38.2. The Hall–Kier alpha value is -9.06. The van der Waals surface area contributed by atoms with Crippen molar-refractivity contribution in [2.24, 2.45) is 35.0 Å². The van der Waals surface area contributed by atoms with E-state index in [0.29, 0.717) is 83.1 Å². The molecule has 0 saturated heterocycles. The summed E-state index contributed by atoms with van der Waals surface area (Å²) < 4.78 is 41.5. The number of methoxy groups -OCH3 is 3. The normalized spacial score (nSPS) is 14.0. The summed E-state index contributed by atoms with van der Waals surface area (Å²) in [6.07, 6.45) is 2.44. The van der Waals surface area contributed by atoms with Crippen LogP contribution in [0.5, 0.6) is 34.5 Å². The molecule has 606 valence electrons. The van der Waals surface area contributed by atoms with E-state index < -0.39 is 89.6 Å². The van der Waals surface area contributed by atoms with Gasteiger partial charge in [0, 0.05) is 38.5 Å². The molecule has 18 nitrogen and oxygen atoms in total. The largest absolute Gasteiger partial charge is 0.496 e. The Labute approximate surface area is 663 Å². The maximum absolute atomic E-state index is 14.7. The van der Waals surface area contributed by atoms with Crippen LogP contribution >= 0.6 is 0 Å². The van der Waals surface area contributed by atoms with Crippen LogP contribution in [0.25, 0.3) is 0 Å². The first-order valence-electron chi connectivity index (χ1n) is 39.5. The number of carbonyl (C=O) groups excluding carboxylic acids is 6. The van der Waals surface area contributed by atoms with E-state index in [0.717, 1.165) is 83.6 Å². The average molecular weight is 1530 g/mol. The highest BCUT2D eigenvalue weighted by Crippen LogP contribution is 2.47. The van der Waals surface area contributed by atoms with Gasteiger partial charge in [0.05, 0.1) is 21.3 Å². The molecule has 12 bridgehead atoms. The smallest absolute Gasteiger partial charge is 0.258 e. The van der Waals surface area contributed by atoms with Gasteiger partial charge in [0.1, 0.15) is 52.6 Å². The number of nitrogens with one attached hydrogen (secondary N) is 3. The lowest BCUT2D eigenvalue weighted by Gasteiger charge is -2.29. The number of benzene rings is 6. The quantitative estimate of drug-likeness (QED) is 0.0330. The van der Waals surface area contributed by atoms with Crippen LogP contribution in [0.15, 0.2) is 72.8 Å². The van der Waals surface area contributed by atoms with Crippen LogP contribution in [-0.2, 0) is 99.8 Å². The van der Waals surface area contributed by atoms with E-state index >= 15 is 0 Å². The van der Waals surface area contributed by atoms with E-state index in [4.69, 9.17) is 45.6 Å². The Morgan fingerprint density at radius 3 is 0.550 bits per heavy atom. The summed E-state index contributed by atoms with van der Waals surface area (Å²) in [5.74, 6) is -0.405. The number of fused-ring (bicyclic) bond motifs is 12. The molecule has 6 aromatic carbocycles. The van der Waals surface area contributed by atoms with Gasteiger partial charge in [-0.1, -0.05) is 239 Å². The lowest BCUT2D eigenvalue weighted by atomic mass is 9.79. The van der Waals surface area contributed by atoms with Gasteiger partial charge in [0.15, 0.2) is 19.8 Å². The molecule has 0 aliphatic heterocycles. The van der Waals surface area contributed by atoms with E-state index in [2.05, 4.69) is 213 Å². The zero-order chi connectivity index (χ0) is 83.1. The fourth-order valence-corrected chi connectivity index (χ4v) is 14.5. The van der Waals surface area contributed by atoms with E-state index in [1.807, 2.05) is 41.5 Å². The molecule has 1 aliphatic carbocycles. The van der Waals surface area contributed by atoms with Gasteiger partial charge in [-0.15, -0.1) is 0 Å². The first-order valence-corrected chi connectivity index (χ1v) is 39.5. The van der Waals surface area contributed by atoms with Crippen molar-refractivity contribution in [3.05, 3.63) is 173 Å². The molecule has 0 heterocycles. The van der Waals surface area contributed by atoms with Crippen molar-refractivity contribution in [3.8, 4) is 34.5 Å². The first kappa shape index (κ1) is 89.1. The molecule has 0 spiro atoms. The third kappa shape index (κ3) is 23.8. The molecule has 3 atom stereocenters.